The maximum atomic E-state index is 13.7. The van der Waals surface area contributed by atoms with Gasteiger partial charge in [-0.15, -0.1) is 0 Å². The van der Waals surface area contributed by atoms with Gasteiger partial charge in [0, 0.05) is 12.7 Å². The Hall–Kier alpha value is -1.65. The first kappa shape index (κ1) is 12.8. The van der Waals surface area contributed by atoms with Crippen LogP contribution < -0.4 is 5.32 Å². The Labute approximate surface area is 105 Å². The molecule has 1 aliphatic rings. The van der Waals surface area contributed by atoms with Crippen LogP contribution in [-0.4, -0.2) is 22.6 Å². The van der Waals surface area contributed by atoms with Crippen LogP contribution in [0.2, 0.25) is 0 Å². The number of aromatic carboxylic acids is 1. The number of halogens is 1. The predicted octanol–water partition coefficient (Wildman–Crippen LogP) is 2.91. The SMILES string of the molecule is O=C(O)c1ccnc(NCCC2CCCC2)c1F. The molecule has 1 heterocycles. The quantitative estimate of drug-likeness (QED) is 0.845. The van der Waals surface area contributed by atoms with Gasteiger partial charge in [0.25, 0.3) is 0 Å². The summed E-state index contributed by atoms with van der Waals surface area (Å²) in [6.45, 7) is 0.637. The van der Waals surface area contributed by atoms with Gasteiger partial charge in [-0.05, 0) is 18.4 Å². The molecular formula is C13H17FN2O2. The van der Waals surface area contributed by atoms with Gasteiger partial charge < -0.3 is 10.4 Å². The lowest BCUT2D eigenvalue weighted by Crippen LogP contribution is -2.11. The van der Waals surface area contributed by atoms with Crippen LogP contribution in [0.15, 0.2) is 12.3 Å². The molecule has 2 rings (SSSR count). The summed E-state index contributed by atoms with van der Waals surface area (Å²) in [7, 11) is 0. The van der Waals surface area contributed by atoms with Crippen molar-refractivity contribution < 1.29 is 14.3 Å². The fraction of sp³-hybridized carbons (Fsp3) is 0.538. The van der Waals surface area contributed by atoms with E-state index >= 15 is 0 Å². The maximum Gasteiger partial charge on any atom is 0.338 e. The van der Waals surface area contributed by atoms with Crippen molar-refractivity contribution in [2.75, 3.05) is 11.9 Å². The molecule has 98 valence electrons. The van der Waals surface area contributed by atoms with Crippen molar-refractivity contribution >= 4 is 11.8 Å². The molecule has 1 saturated carbocycles. The van der Waals surface area contributed by atoms with Crippen LogP contribution in [0.4, 0.5) is 10.2 Å². The number of hydrogen-bond donors (Lipinski definition) is 2. The van der Waals surface area contributed by atoms with E-state index in [2.05, 4.69) is 10.3 Å². The van der Waals surface area contributed by atoms with Crippen LogP contribution in [-0.2, 0) is 0 Å². The third-order valence-corrected chi connectivity index (χ3v) is 3.44. The number of carboxylic acids is 1. The second-order valence-electron chi connectivity index (χ2n) is 4.69. The molecule has 5 heteroatoms. The Morgan fingerprint density at radius 2 is 2.22 bits per heavy atom. The molecule has 0 aromatic carbocycles. The Morgan fingerprint density at radius 3 is 2.89 bits per heavy atom. The summed E-state index contributed by atoms with van der Waals surface area (Å²) in [5, 5.41) is 11.7. The zero-order chi connectivity index (χ0) is 13.0. The third-order valence-electron chi connectivity index (χ3n) is 3.44. The maximum absolute atomic E-state index is 13.7. The first-order chi connectivity index (χ1) is 8.68. The number of nitrogens with one attached hydrogen (secondary N) is 1. The van der Waals surface area contributed by atoms with Crippen LogP contribution >= 0.6 is 0 Å². The molecule has 4 nitrogen and oxygen atoms in total. The first-order valence-corrected chi connectivity index (χ1v) is 6.30. The molecule has 0 atom stereocenters. The zero-order valence-corrected chi connectivity index (χ0v) is 10.2. The molecule has 18 heavy (non-hydrogen) atoms. The molecular weight excluding hydrogens is 235 g/mol. The van der Waals surface area contributed by atoms with Gasteiger partial charge in [0.2, 0.25) is 0 Å². The van der Waals surface area contributed by atoms with Crippen molar-refractivity contribution in [3.8, 4) is 0 Å². The Balaban J connectivity index is 1.92. The standard InChI is InChI=1S/C13H17FN2O2/c14-11-10(13(17)18)6-8-16-12(11)15-7-5-9-3-1-2-4-9/h6,8-9H,1-5,7H2,(H,15,16)(H,17,18). The number of carboxylic acid groups (broad SMARTS) is 1. The highest BCUT2D eigenvalue weighted by Crippen LogP contribution is 2.27. The molecule has 0 bridgehead atoms. The van der Waals surface area contributed by atoms with Crippen LogP contribution in [0.1, 0.15) is 42.5 Å². The summed E-state index contributed by atoms with van der Waals surface area (Å²) in [5.41, 5.74) is -0.339. The van der Waals surface area contributed by atoms with Crippen LogP contribution in [0.5, 0.6) is 0 Å². The van der Waals surface area contributed by atoms with E-state index in [0.717, 1.165) is 6.42 Å². The van der Waals surface area contributed by atoms with Crippen LogP contribution in [0.3, 0.4) is 0 Å². The van der Waals surface area contributed by atoms with Crippen molar-refractivity contribution in [1.82, 2.24) is 4.98 Å². The molecule has 1 aromatic rings. The van der Waals surface area contributed by atoms with Gasteiger partial charge in [-0.25, -0.2) is 14.2 Å². The van der Waals surface area contributed by atoms with E-state index in [0.29, 0.717) is 12.5 Å². The Bertz CT molecular complexity index is 431. The highest BCUT2D eigenvalue weighted by atomic mass is 19.1. The number of nitrogens with zero attached hydrogens (tertiary/aromatic N) is 1. The van der Waals surface area contributed by atoms with Gasteiger partial charge in [-0.1, -0.05) is 25.7 Å². The number of carbonyl (C=O) groups is 1. The molecule has 2 N–H and O–H groups in total. The fourth-order valence-electron chi connectivity index (χ4n) is 2.43. The van der Waals surface area contributed by atoms with Gasteiger partial charge in [0.1, 0.15) is 5.56 Å². The van der Waals surface area contributed by atoms with Crippen molar-refractivity contribution in [1.29, 1.82) is 0 Å². The lowest BCUT2D eigenvalue weighted by molar-refractivity contribution is 0.0692. The minimum Gasteiger partial charge on any atom is -0.478 e. The van der Waals surface area contributed by atoms with Gasteiger partial charge in [0.05, 0.1) is 0 Å². The highest BCUT2D eigenvalue weighted by molar-refractivity contribution is 5.88. The van der Waals surface area contributed by atoms with Crippen LogP contribution in [0.25, 0.3) is 0 Å². The number of pyridine rings is 1. The topological polar surface area (TPSA) is 62.2 Å². The smallest absolute Gasteiger partial charge is 0.338 e. The lowest BCUT2D eigenvalue weighted by Gasteiger charge is -2.11. The van der Waals surface area contributed by atoms with Crippen molar-refractivity contribution in [2.24, 2.45) is 5.92 Å². The predicted molar refractivity (Wildman–Crippen MR) is 66.2 cm³/mol. The average molecular weight is 252 g/mol. The zero-order valence-electron chi connectivity index (χ0n) is 10.2. The van der Waals surface area contributed by atoms with E-state index in [9.17, 15) is 9.18 Å². The minimum atomic E-state index is -1.27. The summed E-state index contributed by atoms with van der Waals surface area (Å²) in [5.74, 6) is -1.30. The summed E-state index contributed by atoms with van der Waals surface area (Å²) in [4.78, 5) is 14.6. The largest absolute Gasteiger partial charge is 0.478 e. The van der Waals surface area contributed by atoms with E-state index < -0.39 is 11.8 Å². The van der Waals surface area contributed by atoms with E-state index in [-0.39, 0.29) is 11.4 Å². The van der Waals surface area contributed by atoms with Crippen molar-refractivity contribution in [3.05, 3.63) is 23.6 Å². The van der Waals surface area contributed by atoms with Crippen LogP contribution in [0, 0.1) is 11.7 Å². The number of rotatable bonds is 5. The third kappa shape index (κ3) is 2.97. The van der Waals surface area contributed by atoms with Crippen molar-refractivity contribution in [3.63, 3.8) is 0 Å². The molecule has 0 saturated heterocycles. The second-order valence-corrected chi connectivity index (χ2v) is 4.69. The molecule has 0 radical (unpaired) electrons. The number of aromatic nitrogens is 1. The van der Waals surface area contributed by atoms with Gasteiger partial charge in [0.15, 0.2) is 11.6 Å². The normalized spacial score (nSPS) is 15.8. The molecule has 0 unspecified atom stereocenters. The monoisotopic (exact) mass is 252 g/mol. The summed E-state index contributed by atoms with van der Waals surface area (Å²) in [6, 6.07) is 1.17. The van der Waals surface area contributed by atoms with E-state index in [1.807, 2.05) is 0 Å². The minimum absolute atomic E-state index is 0.0351. The molecule has 0 aliphatic heterocycles. The molecule has 1 aliphatic carbocycles. The second kappa shape index (κ2) is 5.80. The fourth-order valence-corrected chi connectivity index (χ4v) is 2.43. The summed E-state index contributed by atoms with van der Waals surface area (Å²) in [6.07, 6.45) is 7.35. The first-order valence-electron chi connectivity index (χ1n) is 6.30. The number of anilines is 1. The van der Waals surface area contributed by atoms with Gasteiger partial charge >= 0.3 is 5.97 Å². The van der Waals surface area contributed by atoms with Crippen molar-refractivity contribution in [2.45, 2.75) is 32.1 Å². The van der Waals surface area contributed by atoms with E-state index in [1.54, 1.807) is 0 Å². The Kier molecular flexibility index (Phi) is 4.12. The molecule has 0 spiro atoms. The Morgan fingerprint density at radius 1 is 1.50 bits per heavy atom. The van der Waals surface area contributed by atoms with Gasteiger partial charge in [-0.2, -0.15) is 0 Å². The molecule has 1 aromatic heterocycles. The summed E-state index contributed by atoms with van der Waals surface area (Å²) < 4.78 is 13.7. The highest BCUT2D eigenvalue weighted by Gasteiger charge is 2.17. The average Bonchev–Trinajstić information content (AvgIpc) is 2.84. The summed E-state index contributed by atoms with van der Waals surface area (Å²) >= 11 is 0. The van der Waals surface area contributed by atoms with E-state index in [4.69, 9.17) is 5.11 Å². The van der Waals surface area contributed by atoms with Gasteiger partial charge in [-0.3, -0.25) is 0 Å². The molecule has 1 fully saturated rings. The lowest BCUT2D eigenvalue weighted by atomic mass is 10.0. The number of hydrogen-bond acceptors (Lipinski definition) is 3. The van der Waals surface area contributed by atoms with E-state index in [1.165, 1.54) is 37.9 Å². The molecule has 0 amide bonds.